The van der Waals surface area contributed by atoms with E-state index in [-0.39, 0.29) is 0 Å². The normalized spacial score (nSPS) is 19.5. The first-order valence-electron chi connectivity index (χ1n) is 8.59. The van der Waals surface area contributed by atoms with Crippen molar-refractivity contribution in [2.75, 3.05) is 26.2 Å². The third-order valence-corrected chi connectivity index (χ3v) is 3.97. The van der Waals surface area contributed by atoms with Crippen molar-refractivity contribution < 1.29 is 29.3 Å². The molecule has 150 valence electrons. The van der Waals surface area contributed by atoms with Crippen LogP contribution in [0.5, 0.6) is 5.75 Å². The number of rotatable bonds is 6. The van der Waals surface area contributed by atoms with E-state index in [0.717, 1.165) is 42.4 Å². The second-order valence-electron chi connectivity index (χ2n) is 6.22. The molecular formula is C19H26ClNO6. The number of carboxylic acid groups (broad SMARTS) is 2. The number of carboxylic acids is 2. The number of nitrogens with zero attached hydrogens (tertiary/aromatic N) is 1. The Bertz CT molecular complexity index is 629. The fourth-order valence-corrected chi connectivity index (χ4v) is 2.95. The lowest BCUT2D eigenvalue weighted by atomic mass is 10.1. The summed E-state index contributed by atoms with van der Waals surface area (Å²) in [4.78, 5) is 20.6. The van der Waals surface area contributed by atoms with Crippen LogP contribution in [0.15, 0.2) is 30.9 Å². The molecule has 0 aliphatic carbocycles. The van der Waals surface area contributed by atoms with Crippen LogP contribution in [0, 0.1) is 0 Å². The van der Waals surface area contributed by atoms with Crippen LogP contribution in [-0.2, 0) is 20.7 Å². The Morgan fingerprint density at radius 3 is 2.41 bits per heavy atom. The molecule has 27 heavy (non-hydrogen) atoms. The van der Waals surface area contributed by atoms with E-state index in [1.54, 1.807) is 0 Å². The summed E-state index contributed by atoms with van der Waals surface area (Å²) in [6, 6.07) is 5.74. The topological polar surface area (TPSA) is 96.3 Å². The molecule has 1 aliphatic heterocycles. The maximum absolute atomic E-state index is 9.10. The molecule has 0 spiro atoms. The predicted molar refractivity (Wildman–Crippen MR) is 103 cm³/mol. The van der Waals surface area contributed by atoms with Crippen molar-refractivity contribution in [3.8, 4) is 5.75 Å². The van der Waals surface area contributed by atoms with Crippen molar-refractivity contribution in [3.63, 3.8) is 0 Å². The minimum atomic E-state index is -1.82. The van der Waals surface area contributed by atoms with E-state index in [9.17, 15) is 0 Å². The van der Waals surface area contributed by atoms with Crippen molar-refractivity contribution in [2.45, 2.75) is 32.5 Å². The van der Waals surface area contributed by atoms with E-state index in [4.69, 9.17) is 40.9 Å². The standard InChI is InChI=1S/C17H24ClNO2.C2H2O4/c1-4-5-15-10-16(18)6-7-17(15)20-9-8-19-11-13(2)21-14(3)12-19;3-1(4)2(5)6/h4,6-7,10,13-14H,1,5,8-9,11-12H2,2-3H3;(H,3,4)(H,5,6). The fourth-order valence-electron chi connectivity index (χ4n) is 2.76. The number of ether oxygens (including phenoxy) is 2. The minimum absolute atomic E-state index is 0.292. The van der Waals surface area contributed by atoms with Gasteiger partial charge in [-0.2, -0.15) is 0 Å². The molecule has 2 rings (SSSR count). The Kier molecular flexibility index (Phi) is 9.85. The van der Waals surface area contributed by atoms with Gasteiger partial charge in [0.1, 0.15) is 12.4 Å². The lowest BCUT2D eigenvalue weighted by Crippen LogP contribution is -2.46. The number of allylic oxidation sites excluding steroid dienone is 1. The summed E-state index contributed by atoms with van der Waals surface area (Å²) < 4.78 is 11.7. The number of halogens is 1. The predicted octanol–water partition coefficient (Wildman–Crippen LogP) is 2.71. The van der Waals surface area contributed by atoms with E-state index in [1.807, 2.05) is 24.3 Å². The largest absolute Gasteiger partial charge is 0.492 e. The van der Waals surface area contributed by atoms with Gasteiger partial charge in [0.25, 0.3) is 0 Å². The maximum atomic E-state index is 9.10. The van der Waals surface area contributed by atoms with Crippen LogP contribution in [0.1, 0.15) is 19.4 Å². The average Bonchev–Trinajstić information content (AvgIpc) is 2.56. The van der Waals surface area contributed by atoms with E-state index < -0.39 is 11.9 Å². The van der Waals surface area contributed by atoms with E-state index >= 15 is 0 Å². The second kappa shape index (κ2) is 11.6. The highest BCUT2D eigenvalue weighted by Gasteiger charge is 2.21. The molecule has 1 aromatic rings. The molecule has 1 aliphatic rings. The number of carbonyl (C=O) groups is 2. The number of benzene rings is 1. The monoisotopic (exact) mass is 399 g/mol. The van der Waals surface area contributed by atoms with Gasteiger partial charge >= 0.3 is 11.9 Å². The van der Waals surface area contributed by atoms with Gasteiger partial charge in [-0.25, -0.2) is 9.59 Å². The number of aliphatic carboxylic acids is 2. The highest BCUT2D eigenvalue weighted by molar-refractivity contribution is 6.30. The van der Waals surface area contributed by atoms with Gasteiger partial charge in [-0.05, 0) is 44.0 Å². The molecule has 2 unspecified atom stereocenters. The molecule has 2 N–H and O–H groups in total. The number of morpholine rings is 1. The van der Waals surface area contributed by atoms with Crippen LogP contribution >= 0.6 is 11.6 Å². The summed E-state index contributed by atoms with van der Waals surface area (Å²) in [6.07, 6.45) is 3.21. The zero-order valence-electron chi connectivity index (χ0n) is 15.6. The zero-order valence-corrected chi connectivity index (χ0v) is 16.3. The first kappa shape index (κ1) is 23.0. The third kappa shape index (κ3) is 8.90. The van der Waals surface area contributed by atoms with Gasteiger partial charge in [0.15, 0.2) is 0 Å². The van der Waals surface area contributed by atoms with Crippen LogP contribution in [0.3, 0.4) is 0 Å². The van der Waals surface area contributed by atoms with Crippen molar-refractivity contribution in [2.24, 2.45) is 0 Å². The molecule has 0 radical (unpaired) electrons. The van der Waals surface area contributed by atoms with Crippen LogP contribution in [0.4, 0.5) is 0 Å². The SMILES string of the molecule is C=CCc1cc(Cl)ccc1OCCN1CC(C)OC(C)C1.O=C(O)C(=O)O. The summed E-state index contributed by atoms with van der Waals surface area (Å²) >= 11 is 6.03. The van der Waals surface area contributed by atoms with Crippen molar-refractivity contribution in [1.29, 1.82) is 0 Å². The lowest BCUT2D eigenvalue weighted by molar-refractivity contribution is -0.159. The van der Waals surface area contributed by atoms with E-state index in [2.05, 4.69) is 25.3 Å². The highest BCUT2D eigenvalue weighted by Crippen LogP contribution is 2.23. The summed E-state index contributed by atoms with van der Waals surface area (Å²) in [7, 11) is 0. The van der Waals surface area contributed by atoms with Crippen molar-refractivity contribution >= 4 is 23.5 Å². The number of hydrogen-bond donors (Lipinski definition) is 2. The van der Waals surface area contributed by atoms with Gasteiger partial charge in [0, 0.05) is 24.7 Å². The van der Waals surface area contributed by atoms with Crippen molar-refractivity contribution in [1.82, 2.24) is 4.90 Å². The molecule has 1 fully saturated rings. The Morgan fingerprint density at radius 1 is 1.30 bits per heavy atom. The Balaban J connectivity index is 0.000000527. The molecule has 0 aromatic heterocycles. The molecular weight excluding hydrogens is 374 g/mol. The summed E-state index contributed by atoms with van der Waals surface area (Å²) in [5.41, 5.74) is 1.08. The minimum Gasteiger partial charge on any atom is -0.492 e. The average molecular weight is 400 g/mol. The van der Waals surface area contributed by atoms with E-state index in [0.29, 0.717) is 18.8 Å². The molecule has 1 saturated heterocycles. The first-order valence-corrected chi connectivity index (χ1v) is 8.96. The van der Waals surface area contributed by atoms with Gasteiger partial charge < -0.3 is 19.7 Å². The molecule has 1 heterocycles. The molecule has 7 nitrogen and oxygen atoms in total. The van der Waals surface area contributed by atoms with E-state index in [1.165, 1.54) is 0 Å². The molecule has 0 bridgehead atoms. The van der Waals surface area contributed by atoms with Gasteiger partial charge in [-0.15, -0.1) is 6.58 Å². The zero-order chi connectivity index (χ0) is 20.4. The van der Waals surface area contributed by atoms with Crippen LogP contribution in [0.2, 0.25) is 5.02 Å². The van der Waals surface area contributed by atoms with Crippen molar-refractivity contribution in [3.05, 3.63) is 41.4 Å². The second-order valence-corrected chi connectivity index (χ2v) is 6.66. The molecule has 0 amide bonds. The summed E-state index contributed by atoms with van der Waals surface area (Å²) in [5, 5.41) is 15.5. The Morgan fingerprint density at radius 2 is 1.89 bits per heavy atom. The molecule has 1 aromatic carbocycles. The van der Waals surface area contributed by atoms with Gasteiger partial charge in [-0.3, -0.25) is 4.90 Å². The third-order valence-electron chi connectivity index (χ3n) is 3.73. The summed E-state index contributed by atoms with van der Waals surface area (Å²) in [6.45, 7) is 11.5. The summed E-state index contributed by atoms with van der Waals surface area (Å²) in [5.74, 6) is -2.75. The molecule has 8 heteroatoms. The molecule has 2 atom stereocenters. The molecule has 0 saturated carbocycles. The number of hydrogen-bond acceptors (Lipinski definition) is 5. The maximum Gasteiger partial charge on any atom is 0.414 e. The Hall–Kier alpha value is -2.09. The Labute approximate surface area is 164 Å². The van der Waals surface area contributed by atoms with Gasteiger partial charge in [-0.1, -0.05) is 17.7 Å². The lowest BCUT2D eigenvalue weighted by Gasteiger charge is -2.35. The van der Waals surface area contributed by atoms with Crippen LogP contribution in [0.25, 0.3) is 0 Å². The first-order chi connectivity index (χ1) is 12.7. The van der Waals surface area contributed by atoms with Gasteiger partial charge in [0.2, 0.25) is 0 Å². The quantitative estimate of drug-likeness (QED) is 0.560. The van der Waals surface area contributed by atoms with Crippen LogP contribution in [-0.4, -0.2) is 65.5 Å². The fraction of sp³-hybridized carbons (Fsp3) is 0.474. The highest BCUT2D eigenvalue weighted by atomic mass is 35.5. The van der Waals surface area contributed by atoms with Crippen LogP contribution < -0.4 is 4.74 Å². The van der Waals surface area contributed by atoms with Gasteiger partial charge in [0.05, 0.1) is 12.2 Å². The smallest absolute Gasteiger partial charge is 0.414 e.